The minimum Gasteiger partial charge on any atom is -0.211 e. The molecule has 4 heteroatoms. The van der Waals surface area contributed by atoms with Crippen LogP contribution >= 0.6 is 0 Å². The Hall–Kier alpha value is -2.02. The monoisotopic (exact) mass is 244 g/mol. The molecule has 0 aliphatic rings. The summed E-state index contributed by atoms with van der Waals surface area (Å²) in [6.45, 7) is 7.72. The van der Waals surface area contributed by atoms with Gasteiger partial charge in [-0.2, -0.15) is 9.98 Å². The largest absolute Gasteiger partial charge is 0.237 e. The molecule has 1 aromatic rings. The highest BCUT2D eigenvalue weighted by Gasteiger charge is 2.31. The highest BCUT2D eigenvalue weighted by molar-refractivity contribution is 5.45. The van der Waals surface area contributed by atoms with E-state index in [1.165, 1.54) is 12.2 Å². The highest BCUT2D eigenvalue weighted by Crippen LogP contribution is 2.35. The van der Waals surface area contributed by atoms with Crippen LogP contribution in [0.15, 0.2) is 34.3 Å². The van der Waals surface area contributed by atoms with Gasteiger partial charge in [-0.3, -0.25) is 0 Å². The molecule has 1 aromatic carbocycles. The van der Waals surface area contributed by atoms with Gasteiger partial charge in [0.2, 0.25) is 12.2 Å². The summed E-state index contributed by atoms with van der Waals surface area (Å²) in [5.41, 5.74) is 0.289. The van der Waals surface area contributed by atoms with Gasteiger partial charge in [-0.15, -0.1) is 0 Å². The lowest BCUT2D eigenvalue weighted by molar-refractivity contribution is 0.474. The summed E-state index contributed by atoms with van der Waals surface area (Å²) in [7, 11) is 0. The Bertz CT molecular complexity index is 513. The third-order valence-electron chi connectivity index (χ3n) is 2.77. The van der Waals surface area contributed by atoms with Gasteiger partial charge in [0.05, 0.1) is 0 Å². The van der Waals surface area contributed by atoms with Gasteiger partial charge in [-0.25, -0.2) is 9.59 Å². The standard InChI is InChI=1S/C14H16N2O2/c1-13(2,3)11-7-5-6-8-12(11)14(4,15-9-17)16-10-18/h5-8H,1-4H3. The smallest absolute Gasteiger partial charge is 0.211 e. The van der Waals surface area contributed by atoms with E-state index in [0.29, 0.717) is 5.56 Å². The van der Waals surface area contributed by atoms with Crippen LogP contribution < -0.4 is 0 Å². The van der Waals surface area contributed by atoms with E-state index >= 15 is 0 Å². The van der Waals surface area contributed by atoms with E-state index in [0.717, 1.165) is 5.56 Å². The van der Waals surface area contributed by atoms with Crippen molar-refractivity contribution in [3.05, 3.63) is 35.4 Å². The van der Waals surface area contributed by atoms with Crippen LogP contribution in [0.1, 0.15) is 38.8 Å². The fraction of sp³-hybridized carbons (Fsp3) is 0.429. The van der Waals surface area contributed by atoms with Gasteiger partial charge in [-0.1, -0.05) is 45.0 Å². The normalized spacial score (nSPS) is 14.0. The van der Waals surface area contributed by atoms with Crippen molar-refractivity contribution in [3.8, 4) is 0 Å². The third kappa shape index (κ3) is 2.80. The Balaban J connectivity index is 3.57. The fourth-order valence-electron chi connectivity index (χ4n) is 1.87. The maximum Gasteiger partial charge on any atom is 0.237 e. The number of benzene rings is 1. The van der Waals surface area contributed by atoms with Crippen molar-refractivity contribution in [2.75, 3.05) is 0 Å². The number of hydrogen-bond donors (Lipinski definition) is 0. The van der Waals surface area contributed by atoms with Crippen LogP contribution in [-0.2, 0) is 20.7 Å². The number of carbonyl (C=O) groups excluding carboxylic acids is 2. The van der Waals surface area contributed by atoms with Crippen molar-refractivity contribution in [2.24, 2.45) is 9.98 Å². The van der Waals surface area contributed by atoms with E-state index < -0.39 is 5.66 Å². The van der Waals surface area contributed by atoms with Crippen LogP contribution in [-0.4, -0.2) is 12.2 Å². The lowest BCUT2D eigenvalue weighted by Crippen LogP contribution is -2.23. The van der Waals surface area contributed by atoms with Crippen molar-refractivity contribution < 1.29 is 9.59 Å². The second-order valence-electron chi connectivity index (χ2n) is 5.22. The summed E-state index contributed by atoms with van der Waals surface area (Å²) in [5, 5.41) is 0. The molecule has 0 heterocycles. The minimum absolute atomic E-state index is 0.144. The topological polar surface area (TPSA) is 58.9 Å². The van der Waals surface area contributed by atoms with Gasteiger partial charge < -0.3 is 0 Å². The molecular formula is C14H16N2O2. The van der Waals surface area contributed by atoms with Gasteiger partial charge in [0, 0.05) is 5.56 Å². The molecule has 0 aromatic heterocycles. The zero-order valence-electron chi connectivity index (χ0n) is 11.0. The molecule has 0 aliphatic heterocycles. The van der Waals surface area contributed by atoms with Gasteiger partial charge in [0.15, 0.2) is 5.66 Å². The molecule has 94 valence electrons. The number of hydrogen-bond acceptors (Lipinski definition) is 4. The molecule has 0 radical (unpaired) electrons. The summed E-state index contributed by atoms with van der Waals surface area (Å²) in [5.74, 6) is 0. The molecule has 0 N–H and O–H groups in total. The number of nitrogens with zero attached hydrogens (tertiary/aromatic N) is 2. The molecule has 0 spiro atoms. The van der Waals surface area contributed by atoms with Gasteiger partial charge in [0.1, 0.15) is 0 Å². The average Bonchev–Trinajstić information content (AvgIpc) is 2.28. The zero-order valence-corrected chi connectivity index (χ0v) is 11.0. The fourth-order valence-corrected chi connectivity index (χ4v) is 1.87. The lowest BCUT2D eigenvalue weighted by atomic mass is 9.80. The zero-order chi connectivity index (χ0) is 13.8. The summed E-state index contributed by atoms with van der Waals surface area (Å²) in [4.78, 5) is 28.4. The quantitative estimate of drug-likeness (QED) is 0.606. The van der Waals surface area contributed by atoms with E-state index in [9.17, 15) is 9.59 Å². The molecule has 4 nitrogen and oxygen atoms in total. The molecule has 0 amide bonds. The van der Waals surface area contributed by atoms with Crippen molar-refractivity contribution in [1.29, 1.82) is 0 Å². The Kier molecular flexibility index (Phi) is 3.97. The number of rotatable bonds is 3. The number of isocyanates is 2. The maximum atomic E-state index is 10.5. The van der Waals surface area contributed by atoms with Crippen molar-refractivity contribution >= 4 is 12.2 Å². The van der Waals surface area contributed by atoms with E-state index in [1.807, 2.05) is 45.0 Å². The minimum atomic E-state index is -1.26. The average molecular weight is 244 g/mol. The van der Waals surface area contributed by atoms with Crippen LogP contribution in [0.25, 0.3) is 0 Å². The second kappa shape index (κ2) is 5.09. The molecule has 0 aliphatic carbocycles. The first-order valence-corrected chi connectivity index (χ1v) is 5.63. The van der Waals surface area contributed by atoms with Crippen LogP contribution in [0, 0.1) is 0 Å². The maximum absolute atomic E-state index is 10.5. The third-order valence-corrected chi connectivity index (χ3v) is 2.77. The predicted molar refractivity (Wildman–Crippen MR) is 68.7 cm³/mol. The lowest BCUT2D eigenvalue weighted by Gasteiger charge is -2.28. The molecule has 18 heavy (non-hydrogen) atoms. The molecule has 0 bridgehead atoms. The van der Waals surface area contributed by atoms with Crippen molar-refractivity contribution in [1.82, 2.24) is 0 Å². The summed E-state index contributed by atoms with van der Waals surface area (Å²) >= 11 is 0. The Morgan fingerprint density at radius 2 is 1.33 bits per heavy atom. The Morgan fingerprint density at radius 3 is 1.72 bits per heavy atom. The molecule has 1 rings (SSSR count). The number of aliphatic imine (C=N–C) groups is 2. The van der Waals surface area contributed by atoms with Crippen LogP contribution in [0.4, 0.5) is 0 Å². The van der Waals surface area contributed by atoms with Crippen LogP contribution in [0.3, 0.4) is 0 Å². The van der Waals surface area contributed by atoms with Gasteiger partial charge in [0.25, 0.3) is 0 Å². The molecule has 0 saturated heterocycles. The first kappa shape index (κ1) is 14.0. The molecule has 0 unspecified atom stereocenters. The first-order valence-electron chi connectivity index (χ1n) is 5.63. The van der Waals surface area contributed by atoms with Crippen molar-refractivity contribution in [2.45, 2.75) is 38.8 Å². The van der Waals surface area contributed by atoms with E-state index in [2.05, 4.69) is 9.98 Å². The van der Waals surface area contributed by atoms with E-state index in [1.54, 1.807) is 6.92 Å². The van der Waals surface area contributed by atoms with Crippen LogP contribution in [0.5, 0.6) is 0 Å². The molecule has 0 atom stereocenters. The molecular weight excluding hydrogens is 228 g/mol. The van der Waals surface area contributed by atoms with E-state index in [-0.39, 0.29) is 5.41 Å². The Labute approximate surface area is 106 Å². The summed E-state index contributed by atoms with van der Waals surface area (Å²) in [6, 6.07) is 7.47. The van der Waals surface area contributed by atoms with E-state index in [4.69, 9.17) is 0 Å². The van der Waals surface area contributed by atoms with Gasteiger partial charge >= 0.3 is 0 Å². The van der Waals surface area contributed by atoms with Gasteiger partial charge in [-0.05, 0) is 17.9 Å². The predicted octanol–water partition coefficient (Wildman–Crippen LogP) is 2.83. The summed E-state index contributed by atoms with van der Waals surface area (Å²) in [6.07, 6.45) is 2.95. The van der Waals surface area contributed by atoms with Crippen LogP contribution in [0.2, 0.25) is 0 Å². The highest BCUT2D eigenvalue weighted by atomic mass is 16.1. The first-order chi connectivity index (χ1) is 8.35. The molecule has 0 fully saturated rings. The summed E-state index contributed by atoms with van der Waals surface area (Å²) < 4.78 is 0. The second-order valence-corrected chi connectivity index (χ2v) is 5.22. The molecule has 0 saturated carbocycles. The SMILES string of the molecule is CC(C)(C)c1ccccc1C(C)(N=C=O)N=C=O. The Morgan fingerprint density at radius 1 is 0.889 bits per heavy atom. The van der Waals surface area contributed by atoms with Crippen molar-refractivity contribution in [3.63, 3.8) is 0 Å².